The smallest absolute Gasteiger partial charge is 0.318 e. The molecule has 10 nitrogen and oxygen atoms in total. The highest BCUT2D eigenvalue weighted by molar-refractivity contribution is 6.65. The van der Waals surface area contributed by atoms with Gasteiger partial charge in [0.2, 0.25) is 0 Å². The molecule has 11 heteroatoms. The van der Waals surface area contributed by atoms with Gasteiger partial charge in [0.15, 0.2) is 0 Å². The first-order chi connectivity index (χ1) is 22.3. The van der Waals surface area contributed by atoms with E-state index in [1.54, 1.807) is 72.7 Å². The van der Waals surface area contributed by atoms with E-state index in [-0.39, 0.29) is 22.8 Å². The van der Waals surface area contributed by atoms with Crippen molar-refractivity contribution >= 4 is 51.5 Å². The number of hydrogen-bond donors (Lipinski definition) is 3. The lowest BCUT2D eigenvalue weighted by Crippen LogP contribution is -2.40. The van der Waals surface area contributed by atoms with Crippen molar-refractivity contribution in [2.75, 3.05) is 42.3 Å². The van der Waals surface area contributed by atoms with Crippen LogP contribution in [0.25, 0.3) is 11.1 Å². The average molecular weight is 656 g/mol. The second-order valence-corrected chi connectivity index (χ2v) is 12.9. The van der Waals surface area contributed by atoms with Crippen molar-refractivity contribution in [3.63, 3.8) is 0 Å². The van der Waals surface area contributed by atoms with Crippen molar-refractivity contribution in [2.45, 2.75) is 33.1 Å². The van der Waals surface area contributed by atoms with Crippen LogP contribution in [0.1, 0.15) is 52.6 Å². The molecule has 3 amide bonds. The van der Waals surface area contributed by atoms with Crippen LogP contribution >= 0.6 is 11.6 Å². The SMILES string of the molecule is Cc1c(NC(=O)c2ccc(C(C)(C)C)cc2)cc(NC(=O)Cl)cc1-c1cc(Nc2ccc(C(=O)N3CCOCC3)cc2)c(=O)n(C)c1. The fraction of sp³-hybridized carbons (Fsp3) is 0.278. The normalized spacial score (nSPS) is 13.2. The quantitative estimate of drug-likeness (QED) is 0.147. The Labute approximate surface area is 278 Å². The summed E-state index contributed by atoms with van der Waals surface area (Å²) in [6.45, 7) is 10.3. The number of aryl methyl sites for hydroxylation is 1. The molecule has 3 aromatic carbocycles. The molecule has 0 atom stereocenters. The van der Waals surface area contributed by atoms with Crippen molar-refractivity contribution in [3.8, 4) is 11.1 Å². The van der Waals surface area contributed by atoms with Crippen LogP contribution in [0.5, 0.6) is 0 Å². The topological polar surface area (TPSA) is 122 Å². The summed E-state index contributed by atoms with van der Waals surface area (Å²) in [5.74, 6) is -0.380. The third-order valence-corrected chi connectivity index (χ3v) is 8.21. The standard InChI is InChI=1S/C36H38ClN5O5/c1-22-29(19-28(39-35(37)46)20-30(22)40-32(43)23-6-10-26(11-7-23)36(2,3)4)25-18-31(34(45)41(5)21-25)38-27-12-8-24(9-13-27)33(44)42-14-16-47-17-15-42/h6-13,18-21,38H,14-17H2,1-5H3,(H,39,46)(H,40,43). The third kappa shape index (κ3) is 7.90. The average Bonchev–Trinajstić information content (AvgIpc) is 3.04. The molecule has 0 aliphatic carbocycles. The van der Waals surface area contributed by atoms with Gasteiger partial charge >= 0.3 is 5.37 Å². The first-order valence-corrected chi connectivity index (χ1v) is 15.7. The maximum Gasteiger partial charge on any atom is 0.318 e. The molecule has 0 radical (unpaired) electrons. The second-order valence-electron chi connectivity index (χ2n) is 12.5. The number of aromatic nitrogens is 1. The maximum atomic E-state index is 13.3. The highest BCUT2D eigenvalue weighted by atomic mass is 35.5. The van der Waals surface area contributed by atoms with Crippen LogP contribution in [0.3, 0.4) is 0 Å². The lowest BCUT2D eigenvalue weighted by Gasteiger charge is -2.26. The predicted octanol–water partition coefficient (Wildman–Crippen LogP) is 6.90. The van der Waals surface area contributed by atoms with E-state index in [9.17, 15) is 19.2 Å². The van der Waals surface area contributed by atoms with E-state index < -0.39 is 5.37 Å². The van der Waals surface area contributed by atoms with Crippen LogP contribution in [0, 0.1) is 6.92 Å². The van der Waals surface area contributed by atoms with Gasteiger partial charge in [-0.15, -0.1) is 0 Å². The number of carbonyl (C=O) groups excluding carboxylic acids is 3. The first-order valence-electron chi connectivity index (χ1n) is 15.3. The van der Waals surface area contributed by atoms with Gasteiger partial charge in [0.25, 0.3) is 17.4 Å². The molecule has 0 unspecified atom stereocenters. The van der Waals surface area contributed by atoms with Gasteiger partial charge in [-0.25, -0.2) is 0 Å². The van der Waals surface area contributed by atoms with E-state index >= 15 is 0 Å². The van der Waals surface area contributed by atoms with Crippen LogP contribution in [-0.4, -0.2) is 53.0 Å². The van der Waals surface area contributed by atoms with E-state index in [0.717, 1.165) is 5.56 Å². The Hall–Kier alpha value is -4.93. The molecule has 3 N–H and O–H groups in total. The lowest BCUT2D eigenvalue weighted by molar-refractivity contribution is 0.0303. The molecule has 244 valence electrons. The summed E-state index contributed by atoms with van der Waals surface area (Å²) in [6.07, 6.45) is 1.68. The molecule has 1 aromatic heterocycles. The number of halogens is 1. The molecule has 1 aliphatic rings. The van der Waals surface area contributed by atoms with Crippen LogP contribution in [-0.2, 0) is 17.2 Å². The monoisotopic (exact) mass is 655 g/mol. The molecule has 2 heterocycles. The number of nitrogens with one attached hydrogen (secondary N) is 3. The Morgan fingerprint density at radius 3 is 2.09 bits per heavy atom. The highest BCUT2D eigenvalue weighted by Crippen LogP contribution is 2.34. The number of nitrogens with zero attached hydrogens (tertiary/aromatic N) is 2. The van der Waals surface area contributed by atoms with Crippen LogP contribution < -0.4 is 21.5 Å². The molecule has 4 aromatic rings. The van der Waals surface area contributed by atoms with E-state index in [1.165, 1.54) is 4.57 Å². The van der Waals surface area contributed by atoms with Crippen LogP contribution in [0.2, 0.25) is 0 Å². The van der Waals surface area contributed by atoms with Gasteiger partial charge in [0.1, 0.15) is 5.69 Å². The van der Waals surface area contributed by atoms with Gasteiger partial charge < -0.3 is 30.2 Å². The fourth-order valence-corrected chi connectivity index (χ4v) is 5.50. The number of hydrogen-bond acceptors (Lipinski definition) is 6. The summed E-state index contributed by atoms with van der Waals surface area (Å²) in [7, 11) is 1.64. The number of benzene rings is 3. The largest absolute Gasteiger partial charge is 0.378 e. The number of amides is 3. The Morgan fingerprint density at radius 2 is 1.47 bits per heavy atom. The molecule has 1 saturated heterocycles. The highest BCUT2D eigenvalue weighted by Gasteiger charge is 2.20. The Morgan fingerprint density at radius 1 is 0.830 bits per heavy atom. The zero-order valence-corrected chi connectivity index (χ0v) is 27.8. The summed E-state index contributed by atoms with van der Waals surface area (Å²) >= 11 is 5.67. The van der Waals surface area contributed by atoms with E-state index in [4.69, 9.17) is 16.3 Å². The van der Waals surface area contributed by atoms with E-state index in [0.29, 0.717) is 76.9 Å². The minimum absolute atomic E-state index is 0.0520. The van der Waals surface area contributed by atoms with Gasteiger partial charge in [-0.2, -0.15) is 0 Å². The second kappa shape index (κ2) is 13.8. The van der Waals surface area contributed by atoms with Gasteiger partial charge in [0, 0.05) is 60.1 Å². The molecule has 0 spiro atoms. The fourth-order valence-electron chi connectivity index (χ4n) is 5.39. The Bertz CT molecular complexity index is 1870. The Balaban J connectivity index is 1.44. The zero-order valence-electron chi connectivity index (χ0n) is 27.1. The maximum absolute atomic E-state index is 13.3. The van der Waals surface area contributed by atoms with Gasteiger partial charge in [-0.3, -0.25) is 19.2 Å². The summed E-state index contributed by atoms with van der Waals surface area (Å²) in [5.41, 5.74) is 5.62. The minimum Gasteiger partial charge on any atom is -0.378 e. The molecule has 47 heavy (non-hydrogen) atoms. The number of carbonyl (C=O) groups is 3. The van der Waals surface area contributed by atoms with Crippen molar-refractivity contribution in [1.29, 1.82) is 0 Å². The molecule has 1 aliphatic heterocycles. The molecule has 1 fully saturated rings. The molecule has 0 bridgehead atoms. The van der Waals surface area contributed by atoms with E-state index in [2.05, 4.69) is 36.7 Å². The van der Waals surface area contributed by atoms with E-state index in [1.807, 2.05) is 19.1 Å². The third-order valence-electron chi connectivity index (χ3n) is 8.12. The predicted molar refractivity (Wildman–Crippen MR) is 186 cm³/mol. The van der Waals surface area contributed by atoms with Gasteiger partial charge in [0.05, 0.1) is 13.2 Å². The number of rotatable bonds is 7. The summed E-state index contributed by atoms with van der Waals surface area (Å²) in [5, 5.41) is 7.96. The molecular formula is C36H38ClN5O5. The molecular weight excluding hydrogens is 618 g/mol. The van der Waals surface area contributed by atoms with Crippen LogP contribution in [0.4, 0.5) is 27.5 Å². The molecule has 5 rings (SSSR count). The number of anilines is 4. The van der Waals surface area contributed by atoms with Gasteiger partial charge in [-0.05, 0) is 95.2 Å². The summed E-state index contributed by atoms with van der Waals surface area (Å²) in [6, 6.07) is 19.5. The van der Waals surface area contributed by atoms with Crippen molar-refractivity contribution in [2.24, 2.45) is 7.05 Å². The van der Waals surface area contributed by atoms with Crippen molar-refractivity contribution < 1.29 is 19.1 Å². The zero-order chi connectivity index (χ0) is 33.9. The van der Waals surface area contributed by atoms with Crippen molar-refractivity contribution in [3.05, 3.63) is 106 Å². The van der Waals surface area contributed by atoms with Crippen molar-refractivity contribution in [1.82, 2.24) is 9.47 Å². The summed E-state index contributed by atoms with van der Waals surface area (Å²) < 4.78 is 6.79. The minimum atomic E-state index is -0.784. The summed E-state index contributed by atoms with van der Waals surface area (Å²) in [4.78, 5) is 52.9. The number of morpholine rings is 1. The number of ether oxygens (including phenoxy) is 1. The van der Waals surface area contributed by atoms with Gasteiger partial charge in [-0.1, -0.05) is 32.9 Å². The number of pyridine rings is 1. The first kappa shape index (κ1) is 33.4. The lowest BCUT2D eigenvalue weighted by atomic mass is 9.86. The van der Waals surface area contributed by atoms with Crippen LogP contribution in [0.15, 0.2) is 77.7 Å². The Kier molecular flexibility index (Phi) is 9.83. The molecule has 0 saturated carbocycles.